The molecule has 2 N–H and O–H groups in total. The molecule has 0 aliphatic heterocycles. The van der Waals surface area contributed by atoms with Crippen LogP contribution in [0.3, 0.4) is 0 Å². The Kier molecular flexibility index (Phi) is 6.03. The maximum Gasteiger partial charge on any atom is 0.419 e. The molecule has 6 heteroatoms. The second-order valence-corrected chi connectivity index (χ2v) is 4.84. The van der Waals surface area contributed by atoms with Crippen molar-refractivity contribution in [3.63, 3.8) is 0 Å². The number of nitrogens with two attached hydrogens (primary N) is 1. The van der Waals surface area contributed by atoms with E-state index in [-0.39, 0.29) is 11.8 Å². The lowest BCUT2D eigenvalue weighted by atomic mass is 10.0. The van der Waals surface area contributed by atoms with Crippen molar-refractivity contribution in [2.75, 3.05) is 0 Å². The molecule has 3 nitrogen and oxygen atoms in total. The van der Waals surface area contributed by atoms with Crippen LogP contribution in [0.15, 0.2) is 18.2 Å². The van der Waals surface area contributed by atoms with Crippen LogP contribution >= 0.6 is 0 Å². The summed E-state index contributed by atoms with van der Waals surface area (Å²) in [6.45, 7) is 3.56. The molecule has 0 amide bonds. The average molecular weight is 300 g/mol. The maximum absolute atomic E-state index is 13.1. The van der Waals surface area contributed by atoms with Crippen molar-refractivity contribution < 1.29 is 17.9 Å². The number of rotatable bonds is 6. The lowest BCUT2D eigenvalue weighted by Crippen LogP contribution is -2.22. The molecule has 0 radical (unpaired) electrons. The predicted molar refractivity (Wildman–Crippen MR) is 73.7 cm³/mol. The highest BCUT2D eigenvalue weighted by atomic mass is 19.4. The van der Waals surface area contributed by atoms with E-state index >= 15 is 0 Å². The van der Waals surface area contributed by atoms with Gasteiger partial charge in [0.15, 0.2) is 6.10 Å². The average Bonchev–Trinajstić information content (AvgIpc) is 2.44. The number of halogens is 3. The van der Waals surface area contributed by atoms with Gasteiger partial charge in [0.1, 0.15) is 11.8 Å². The molecule has 116 valence electrons. The molecule has 0 spiro atoms. The summed E-state index contributed by atoms with van der Waals surface area (Å²) in [6, 6.07) is 5.52. The van der Waals surface area contributed by atoms with Crippen LogP contribution in [-0.4, -0.2) is 12.1 Å². The molecule has 1 rings (SSSR count). The van der Waals surface area contributed by atoms with Crippen molar-refractivity contribution in [2.45, 2.75) is 51.4 Å². The Morgan fingerprint density at radius 2 is 1.95 bits per heavy atom. The van der Waals surface area contributed by atoms with E-state index < -0.39 is 17.8 Å². The molecule has 0 aliphatic rings. The zero-order valence-electron chi connectivity index (χ0n) is 12.1. The van der Waals surface area contributed by atoms with Crippen LogP contribution in [0.4, 0.5) is 13.2 Å². The fourth-order valence-corrected chi connectivity index (χ4v) is 1.83. The summed E-state index contributed by atoms with van der Waals surface area (Å²) >= 11 is 0. The van der Waals surface area contributed by atoms with E-state index in [0.717, 1.165) is 6.07 Å². The normalized spacial score (nSPS) is 14.3. The first-order valence-electron chi connectivity index (χ1n) is 6.83. The topological polar surface area (TPSA) is 59.0 Å². The molecule has 0 aliphatic carbocycles. The van der Waals surface area contributed by atoms with Crippen LogP contribution in [0.5, 0.6) is 5.75 Å². The van der Waals surface area contributed by atoms with Crippen molar-refractivity contribution in [2.24, 2.45) is 5.73 Å². The SMILES string of the molecule is CCC(N)Cc1ccc(OC(C#N)CC)c(C(F)(F)F)c1. The summed E-state index contributed by atoms with van der Waals surface area (Å²) in [5, 5.41) is 8.81. The highest BCUT2D eigenvalue weighted by Gasteiger charge is 2.35. The van der Waals surface area contributed by atoms with Gasteiger partial charge in [0.05, 0.1) is 5.56 Å². The quantitative estimate of drug-likeness (QED) is 0.872. The Labute approximate surface area is 122 Å². The number of hydrogen-bond acceptors (Lipinski definition) is 3. The monoisotopic (exact) mass is 300 g/mol. The lowest BCUT2D eigenvalue weighted by molar-refractivity contribution is -0.139. The van der Waals surface area contributed by atoms with Gasteiger partial charge in [0.2, 0.25) is 0 Å². The van der Waals surface area contributed by atoms with Crippen LogP contribution in [0.25, 0.3) is 0 Å². The first-order valence-corrected chi connectivity index (χ1v) is 6.83. The van der Waals surface area contributed by atoms with Gasteiger partial charge < -0.3 is 10.5 Å². The van der Waals surface area contributed by atoms with E-state index in [1.54, 1.807) is 13.0 Å². The van der Waals surface area contributed by atoms with E-state index in [0.29, 0.717) is 24.8 Å². The summed E-state index contributed by atoms with van der Waals surface area (Å²) < 4.78 is 44.5. The zero-order valence-corrected chi connectivity index (χ0v) is 12.1. The molecule has 0 heterocycles. The number of nitriles is 1. The van der Waals surface area contributed by atoms with Crippen LogP contribution in [0.1, 0.15) is 37.8 Å². The third kappa shape index (κ3) is 4.94. The Balaban J connectivity index is 3.12. The molecule has 1 aromatic rings. The Bertz CT molecular complexity index is 509. The van der Waals surface area contributed by atoms with Crippen molar-refractivity contribution in [1.29, 1.82) is 5.26 Å². The Hall–Kier alpha value is -1.74. The highest BCUT2D eigenvalue weighted by molar-refractivity contribution is 5.40. The minimum atomic E-state index is -4.53. The third-order valence-corrected chi connectivity index (χ3v) is 3.16. The molecule has 1 aromatic carbocycles. The smallest absolute Gasteiger partial charge is 0.419 e. The first kappa shape index (κ1) is 17.3. The number of alkyl halides is 3. The van der Waals surface area contributed by atoms with Gasteiger partial charge in [0, 0.05) is 6.04 Å². The highest BCUT2D eigenvalue weighted by Crippen LogP contribution is 2.37. The van der Waals surface area contributed by atoms with Crippen LogP contribution in [0, 0.1) is 11.3 Å². The number of ether oxygens (including phenoxy) is 1. The van der Waals surface area contributed by atoms with Crippen LogP contribution in [0.2, 0.25) is 0 Å². The fourth-order valence-electron chi connectivity index (χ4n) is 1.83. The Morgan fingerprint density at radius 1 is 1.29 bits per heavy atom. The Morgan fingerprint density at radius 3 is 2.43 bits per heavy atom. The minimum Gasteiger partial charge on any atom is -0.475 e. The van der Waals surface area contributed by atoms with Gasteiger partial charge in [-0.2, -0.15) is 18.4 Å². The van der Waals surface area contributed by atoms with Crippen LogP contribution in [-0.2, 0) is 12.6 Å². The van der Waals surface area contributed by atoms with Gasteiger partial charge in [-0.15, -0.1) is 0 Å². The van der Waals surface area contributed by atoms with Gasteiger partial charge in [-0.05, 0) is 37.0 Å². The van der Waals surface area contributed by atoms with E-state index in [1.165, 1.54) is 6.07 Å². The van der Waals surface area contributed by atoms with Gasteiger partial charge >= 0.3 is 6.18 Å². The van der Waals surface area contributed by atoms with Gasteiger partial charge in [0.25, 0.3) is 0 Å². The fraction of sp³-hybridized carbons (Fsp3) is 0.533. The minimum absolute atomic E-state index is 0.180. The molecule has 2 unspecified atom stereocenters. The molecule has 2 atom stereocenters. The second kappa shape index (κ2) is 7.32. The summed E-state index contributed by atoms with van der Waals surface area (Å²) in [6.07, 6.45) is -4.05. The number of nitrogens with zero attached hydrogens (tertiary/aromatic N) is 1. The van der Waals surface area contributed by atoms with E-state index in [9.17, 15) is 13.2 Å². The largest absolute Gasteiger partial charge is 0.475 e. The summed E-state index contributed by atoms with van der Waals surface area (Å²) in [4.78, 5) is 0. The molecular weight excluding hydrogens is 281 g/mol. The molecule has 0 bridgehead atoms. The molecule has 21 heavy (non-hydrogen) atoms. The number of hydrogen-bond donors (Lipinski definition) is 1. The molecule has 0 aromatic heterocycles. The van der Waals surface area contributed by atoms with Crippen molar-refractivity contribution in [1.82, 2.24) is 0 Å². The maximum atomic E-state index is 13.1. The molecule has 0 saturated heterocycles. The first-order chi connectivity index (χ1) is 9.81. The van der Waals surface area contributed by atoms with Crippen LogP contribution < -0.4 is 10.5 Å². The standard InChI is InChI=1S/C15H19F3N2O/c1-3-11(20)7-10-5-6-14(21-12(4-2)9-19)13(8-10)15(16,17)18/h5-6,8,11-12H,3-4,7,20H2,1-2H3. The van der Waals surface area contributed by atoms with E-state index in [1.807, 2.05) is 13.0 Å². The summed E-state index contributed by atoms with van der Waals surface area (Å²) in [5.74, 6) is -0.315. The van der Waals surface area contributed by atoms with E-state index in [2.05, 4.69) is 0 Å². The van der Waals surface area contributed by atoms with Gasteiger partial charge in [-0.1, -0.05) is 19.9 Å². The summed E-state index contributed by atoms with van der Waals surface area (Å²) in [7, 11) is 0. The number of benzene rings is 1. The second-order valence-electron chi connectivity index (χ2n) is 4.84. The van der Waals surface area contributed by atoms with E-state index in [4.69, 9.17) is 15.7 Å². The molecule has 0 fully saturated rings. The van der Waals surface area contributed by atoms with Crippen molar-refractivity contribution >= 4 is 0 Å². The van der Waals surface area contributed by atoms with Crippen molar-refractivity contribution in [3.05, 3.63) is 29.3 Å². The lowest BCUT2D eigenvalue weighted by Gasteiger charge is -2.18. The predicted octanol–water partition coefficient (Wildman–Crippen LogP) is 3.67. The van der Waals surface area contributed by atoms with Gasteiger partial charge in [-0.25, -0.2) is 0 Å². The molecule has 0 saturated carbocycles. The van der Waals surface area contributed by atoms with Crippen molar-refractivity contribution in [3.8, 4) is 11.8 Å². The van der Waals surface area contributed by atoms with Gasteiger partial charge in [-0.3, -0.25) is 0 Å². The zero-order chi connectivity index (χ0) is 16.0. The molecular formula is C15H19F3N2O. The summed E-state index contributed by atoms with van der Waals surface area (Å²) in [5.41, 5.74) is 5.41. The third-order valence-electron chi connectivity index (χ3n) is 3.16.